The van der Waals surface area contributed by atoms with E-state index in [0.717, 1.165) is 0 Å². The second kappa shape index (κ2) is 8.36. The molecule has 0 radical (unpaired) electrons. The maximum atomic E-state index is 8.52. The Kier molecular flexibility index (Phi) is 23.8. The van der Waals surface area contributed by atoms with Crippen molar-refractivity contribution in [3.8, 4) is 0 Å². The fraction of sp³-hybridized carbons (Fsp3) is 0. The van der Waals surface area contributed by atoms with Gasteiger partial charge >= 0.3 is 46.9 Å². The fourth-order valence-electron chi connectivity index (χ4n) is 0. The molecule has 0 unspecified atom stereocenters. The molecule has 0 spiro atoms. The van der Waals surface area contributed by atoms with Crippen LogP contribution in [0.25, 0.3) is 0 Å². The predicted molar refractivity (Wildman–Crippen MR) is 16.5 cm³/mol. The Balaban J connectivity index is -0.0000000267. The first-order chi connectivity index (χ1) is 2.00. The molecule has 8 heteroatoms. The van der Waals surface area contributed by atoms with Crippen molar-refractivity contribution >= 4 is 10.4 Å². The van der Waals surface area contributed by atoms with Gasteiger partial charge in [-0.05, 0) is 0 Å². The van der Waals surface area contributed by atoms with Gasteiger partial charge in [-0.3, -0.25) is 8.42 Å². The van der Waals surface area contributed by atoms with E-state index in [2.05, 4.69) is 0 Å². The van der Waals surface area contributed by atoms with Gasteiger partial charge in [-0.15, -0.1) is 0 Å². The molecule has 0 saturated heterocycles. The molecule has 0 aromatic rings. The molecule has 5 nitrogen and oxygen atoms in total. The second-order valence-corrected chi connectivity index (χ2v) is 1.22. The number of rotatable bonds is 0. The third kappa shape index (κ3) is 161. The maximum Gasteiger partial charge on any atom is 2.00 e. The number of hydrogen-bond acceptors (Lipinski definition) is 4. The minimum Gasteiger partial charge on any atom is -0.759 e. The van der Waals surface area contributed by atoms with E-state index < -0.39 is 10.4 Å². The van der Waals surface area contributed by atoms with Crippen molar-refractivity contribution in [2.45, 2.75) is 0 Å². The Morgan fingerprint density at radius 2 is 1.12 bits per heavy atom. The largest absolute Gasteiger partial charge is 2.00 e. The summed E-state index contributed by atoms with van der Waals surface area (Å²) in [6.07, 6.45) is 0. The first kappa shape index (κ1) is 22.8. The molecule has 0 aliphatic carbocycles. The summed E-state index contributed by atoms with van der Waals surface area (Å²) in [5.41, 5.74) is 0. The monoisotopic (exact) mass is 189 g/mol. The number of hydrogen-bond donors (Lipinski definition) is 1. The van der Waals surface area contributed by atoms with Gasteiger partial charge in [0.1, 0.15) is 0 Å². The van der Waals surface area contributed by atoms with Gasteiger partial charge in [0.25, 0.3) is 0 Å². The Morgan fingerprint density at radius 1 is 1.12 bits per heavy atom. The third-order valence-electron chi connectivity index (χ3n) is 0. The average Bonchev–Trinajstić information content (AvgIpc) is 0.722. The standard InChI is InChI=1S/Cr.H3N.Na.H2O4S/c;;;1-5(2,3)4/h;1H3;;(H2,1,2,3,4)/q+2;;+1;/p-1. The van der Waals surface area contributed by atoms with Crippen molar-refractivity contribution in [2.24, 2.45) is 0 Å². The van der Waals surface area contributed by atoms with Crippen LogP contribution in [0.4, 0.5) is 0 Å². The van der Waals surface area contributed by atoms with E-state index in [1.807, 2.05) is 0 Å². The van der Waals surface area contributed by atoms with Crippen molar-refractivity contribution in [2.75, 3.05) is 0 Å². The molecule has 0 aromatic heterocycles. The Bertz CT molecular complexity index is 99.2. The minimum absolute atomic E-state index is 0. The Labute approximate surface area is 80.4 Å². The first-order valence-electron chi connectivity index (χ1n) is 0.667. The Morgan fingerprint density at radius 3 is 1.12 bits per heavy atom. The molecule has 0 heterocycles. The quantitative estimate of drug-likeness (QED) is 0.237. The van der Waals surface area contributed by atoms with Gasteiger partial charge in [-0.1, -0.05) is 0 Å². The van der Waals surface area contributed by atoms with Gasteiger partial charge in [0, 0.05) is 10.4 Å². The molecule has 0 fully saturated rings. The van der Waals surface area contributed by atoms with E-state index in [1.165, 1.54) is 0 Å². The zero-order valence-electron chi connectivity index (χ0n) is 4.45. The zero-order valence-corrected chi connectivity index (χ0v) is 8.54. The van der Waals surface area contributed by atoms with Crippen LogP contribution in [0.2, 0.25) is 0 Å². The molecule has 0 bridgehead atoms. The molecule has 0 atom stereocenters. The van der Waals surface area contributed by atoms with Crippen LogP contribution in [0.1, 0.15) is 0 Å². The molecule has 8 heavy (non-hydrogen) atoms. The van der Waals surface area contributed by atoms with Gasteiger partial charge in [0.15, 0.2) is 0 Å². The average molecular weight is 189 g/mol. The van der Waals surface area contributed by atoms with Crippen LogP contribution >= 0.6 is 0 Å². The summed E-state index contributed by atoms with van der Waals surface area (Å²) in [7, 11) is -5.17. The van der Waals surface area contributed by atoms with E-state index in [9.17, 15) is 0 Å². The van der Waals surface area contributed by atoms with E-state index in [0.29, 0.717) is 0 Å². The van der Waals surface area contributed by atoms with Crippen LogP contribution in [0, 0.1) is 0 Å². The molecular weight excluding hydrogens is 185 g/mol. The van der Waals surface area contributed by atoms with E-state index in [1.54, 1.807) is 0 Å². The van der Waals surface area contributed by atoms with E-state index in [4.69, 9.17) is 17.5 Å². The Hall–Kier alpha value is 1.36. The number of quaternary nitrogens is 1. The van der Waals surface area contributed by atoms with E-state index >= 15 is 0 Å². The zero-order chi connectivity index (χ0) is 4.50. The smallest absolute Gasteiger partial charge is 0.759 e. The van der Waals surface area contributed by atoms with Crippen molar-refractivity contribution in [3.05, 3.63) is 0 Å². The second-order valence-electron chi connectivity index (χ2n) is 0.408. The SMILES string of the molecule is O=S(=O)([O-])[O-].[Cr+2].[NH4+].[Na+]. The van der Waals surface area contributed by atoms with Gasteiger partial charge in [0.2, 0.25) is 0 Å². The van der Waals surface area contributed by atoms with Crippen LogP contribution in [0.15, 0.2) is 0 Å². The molecule has 0 aromatic carbocycles. The van der Waals surface area contributed by atoms with Crippen LogP contribution in [0.3, 0.4) is 0 Å². The molecule has 0 aliphatic heterocycles. The van der Waals surface area contributed by atoms with E-state index in [-0.39, 0.29) is 53.1 Å². The van der Waals surface area contributed by atoms with Crippen molar-refractivity contribution in [3.63, 3.8) is 0 Å². The summed E-state index contributed by atoms with van der Waals surface area (Å²) in [5.74, 6) is 0. The van der Waals surface area contributed by atoms with Crippen LogP contribution in [-0.4, -0.2) is 17.5 Å². The van der Waals surface area contributed by atoms with Gasteiger partial charge in [-0.2, -0.15) is 0 Å². The first-order valence-corrected chi connectivity index (χ1v) is 2.00. The molecule has 44 valence electrons. The van der Waals surface area contributed by atoms with Gasteiger partial charge < -0.3 is 15.3 Å². The topological polar surface area (TPSA) is 117 Å². The van der Waals surface area contributed by atoms with Crippen LogP contribution < -0.4 is 35.7 Å². The summed E-state index contributed by atoms with van der Waals surface area (Å²) < 4.78 is 34.1. The maximum absolute atomic E-state index is 8.52. The fourth-order valence-corrected chi connectivity index (χ4v) is 0. The summed E-state index contributed by atoms with van der Waals surface area (Å²) in [4.78, 5) is 0. The van der Waals surface area contributed by atoms with Crippen molar-refractivity contribution < 1.29 is 64.4 Å². The normalized spacial score (nSPS) is 7.25. The van der Waals surface area contributed by atoms with Crippen LogP contribution in [0.5, 0.6) is 0 Å². The molecule has 0 aliphatic rings. The molecular formula is H4CrNNaO4S+2. The summed E-state index contributed by atoms with van der Waals surface area (Å²) in [6.45, 7) is 0. The molecule has 0 rings (SSSR count). The molecule has 0 amide bonds. The third-order valence-corrected chi connectivity index (χ3v) is 0. The van der Waals surface area contributed by atoms with Crippen LogP contribution in [-0.2, 0) is 27.8 Å². The summed E-state index contributed by atoms with van der Waals surface area (Å²) in [6, 6.07) is 0. The van der Waals surface area contributed by atoms with Gasteiger partial charge in [0.05, 0.1) is 0 Å². The summed E-state index contributed by atoms with van der Waals surface area (Å²) in [5, 5.41) is 0. The van der Waals surface area contributed by atoms with Crippen molar-refractivity contribution in [1.29, 1.82) is 0 Å². The predicted octanol–water partition coefficient (Wildman–Crippen LogP) is -3.96. The minimum atomic E-state index is -5.17. The van der Waals surface area contributed by atoms with Crippen molar-refractivity contribution in [1.82, 2.24) is 6.15 Å². The summed E-state index contributed by atoms with van der Waals surface area (Å²) >= 11 is 0. The molecule has 0 saturated carbocycles. The molecule has 4 N–H and O–H groups in total. The van der Waals surface area contributed by atoms with Gasteiger partial charge in [-0.25, -0.2) is 0 Å².